The van der Waals surface area contributed by atoms with Gasteiger partial charge in [0.25, 0.3) is 0 Å². The average molecular weight is 249 g/mol. The van der Waals surface area contributed by atoms with E-state index in [-0.39, 0.29) is 5.69 Å². The van der Waals surface area contributed by atoms with Gasteiger partial charge < -0.3 is 10.5 Å². The van der Waals surface area contributed by atoms with E-state index in [0.717, 1.165) is 5.69 Å². The van der Waals surface area contributed by atoms with Gasteiger partial charge in [-0.25, -0.2) is 9.78 Å². The normalized spacial score (nSPS) is 10.2. The van der Waals surface area contributed by atoms with Crippen molar-refractivity contribution in [2.24, 2.45) is 0 Å². The van der Waals surface area contributed by atoms with E-state index in [1.165, 1.54) is 18.4 Å². The maximum absolute atomic E-state index is 11.5. The van der Waals surface area contributed by atoms with E-state index in [2.05, 4.69) is 14.7 Å². The van der Waals surface area contributed by atoms with E-state index in [0.29, 0.717) is 15.7 Å². The van der Waals surface area contributed by atoms with Gasteiger partial charge in [-0.05, 0) is 19.1 Å². The van der Waals surface area contributed by atoms with Gasteiger partial charge in [0.15, 0.2) is 10.8 Å². The zero-order valence-corrected chi connectivity index (χ0v) is 10.2. The zero-order valence-electron chi connectivity index (χ0n) is 9.43. The molecule has 5 nitrogen and oxygen atoms in total. The predicted octanol–water partition coefficient (Wildman–Crippen LogP) is 1.88. The lowest BCUT2D eigenvalue weighted by atomic mass is 10.2. The number of nitrogens with zero attached hydrogens (tertiary/aromatic N) is 2. The van der Waals surface area contributed by atoms with E-state index >= 15 is 0 Å². The Morgan fingerprint density at radius 3 is 2.82 bits per heavy atom. The number of thiazole rings is 1. The standard InChI is InChI=1S/C11H11N3O2S/c1-6-4-3-5-7(13-6)9-8(10(15)16-2)14-11(12)17-9/h3-5H,1-2H3,(H2,12,14). The Hall–Kier alpha value is -1.95. The monoisotopic (exact) mass is 249 g/mol. The zero-order chi connectivity index (χ0) is 12.4. The summed E-state index contributed by atoms with van der Waals surface area (Å²) < 4.78 is 4.66. The van der Waals surface area contributed by atoms with Crippen LogP contribution >= 0.6 is 11.3 Å². The summed E-state index contributed by atoms with van der Waals surface area (Å²) in [5.41, 5.74) is 7.38. The Balaban J connectivity index is 2.55. The van der Waals surface area contributed by atoms with Crippen molar-refractivity contribution >= 4 is 22.4 Å². The van der Waals surface area contributed by atoms with Crippen LogP contribution < -0.4 is 5.73 Å². The van der Waals surface area contributed by atoms with E-state index in [9.17, 15) is 4.79 Å². The third-order valence-corrected chi connectivity index (χ3v) is 3.05. The van der Waals surface area contributed by atoms with Crippen molar-refractivity contribution in [3.05, 3.63) is 29.6 Å². The minimum atomic E-state index is -0.503. The topological polar surface area (TPSA) is 78.1 Å². The molecular formula is C11H11N3O2S. The van der Waals surface area contributed by atoms with Crippen LogP contribution in [0.3, 0.4) is 0 Å². The van der Waals surface area contributed by atoms with Crippen LogP contribution in [-0.2, 0) is 4.74 Å². The van der Waals surface area contributed by atoms with Gasteiger partial charge in [-0.3, -0.25) is 4.98 Å². The molecule has 17 heavy (non-hydrogen) atoms. The number of hydrogen-bond donors (Lipinski definition) is 1. The highest BCUT2D eigenvalue weighted by atomic mass is 32.1. The van der Waals surface area contributed by atoms with Crippen LogP contribution in [0, 0.1) is 6.92 Å². The van der Waals surface area contributed by atoms with Gasteiger partial charge in [0.05, 0.1) is 17.7 Å². The Morgan fingerprint density at radius 2 is 2.18 bits per heavy atom. The Labute approximate surface area is 102 Å². The molecule has 0 saturated carbocycles. The molecule has 0 spiro atoms. The maximum atomic E-state index is 11.5. The summed E-state index contributed by atoms with van der Waals surface area (Å²) in [5.74, 6) is -0.503. The molecule has 0 aromatic carbocycles. The number of carbonyl (C=O) groups excluding carboxylic acids is 1. The fourth-order valence-electron chi connectivity index (χ4n) is 1.41. The molecule has 0 amide bonds. The minimum Gasteiger partial charge on any atom is -0.464 e. The molecule has 0 radical (unpaired) electrons. The highest BCUT2D eigenvalue weighted by Gasteiger charge is 2.19. The summed E-state index contributed by atoms with van der Waals surface area (Å²) in [6.07, 6.45) is 0. The van der Waals surface area contributed by atoms with Crippen molar-refractivity contribution in [3.63, 3.8) is 0 Å². The first-order valence-corrected chi connectivity index (χ1v) is 5.72. The number of nitrogen functional groups attached to an aromatic ring is 1. The highest BCUT2D eigenvalue weighted by Crippen LogP contribution is 2.30. The molecule has 0 unspecified atom stereocenters. The van der Waals surface area contributed by atoms with Crippen LogP contribution in [0.25, 0.3) is 10.6 Å². The number of rotatable bonds is 2. The van der Waals surface area contributed by atoms with Crippen LogP contribution in [0.5, 0.6) is 0 Å². The highest BCUT2D eigenvalue weighted by molar-refractivity contribution is 7.19. The first kappa shape index (κ1) is 11.5. The molecule has 0 aliphatic heterocycles. The first-order valence-electron chi connectivity index (χ1n) is 4.90. The number of methoxy groups -OCH3 is 1. The third kappa shape index (κ3) is 2.26. The molecular weight excluding hydrogens is 238 g/mol. The number of carbonyl (C=O) groups is 1. The van der Waals surface area contributed by atoms with Crippen molar-refractivity contribution in [1.82, 2.24) is 9.97 Å². The average Bonchev–Trinajstić information content (AvgIpc) is 2.70. The minimum absolute atomic E-state index is 0.216. The van der Waals surface area contributed by atoms with Gasteiger partial charge in [0.1, 0.15) is 0 Å². The van der Waals surface area contributed by atoms with Crippen molar-refractivity contribution in [2.45, 2.75) is 6.92 Å². The molecule has 2 N–H and O–H groups in total. The molecule has 2 aromatic heterocycles. The lowest BCUT2D eigenvalue weighted by molar-refractivity contribution is 0.0596. The molecule has 0 bridgehead atoms. The number of aromatic nitrogens is 2. The molecule has 2 heterocycles. The van der Waals surface area contributed by atoms with E-state index < -0.39 is 5.97 Å². The van der Waals surface area contributed by atoms with Gasteiger partial charge in [0.2, 0.25) is 0 Å². The summed E-state index contributed by atoms with van der Waals surface area (Å²) >= 11 is 1.22. The number of anilines is 1. The molecule has 0 aliphatic rings. The van der Waals surface area contributed by atoms with Crippen LogP contribution in [0.2, 0.25) is 0 Å². The van der Waals surface area contributed by atoms with Gasteiger partial charge in [-0.2, -0.15) is 0 Å². The first-order chi connectivity index (χ1) is 8.11. The quantitative estimate of drug-likeness (QED) is 0.822. The fraction of sp³-hybridized carbons (Fsp3) is 0.182. The summed E-state index contributed by atoms with van der Waals surface area (Å²) in [5, 5.41) is 0.323. The van der Waals surface area contributed by atoms with Crippen molar-refractivity contribution in [1.29, 1.82) is 0 Å². The number of aryl methyl sites for hydroxylation is 1. The van der Waals surface area contributed by atoms with Crippen LogP contribution in [0.4, 0.5) is 5.13 Å². The molecule has 88 valence electrons. The second kappa shape index (κ2) is 4.50. The molecule has 2 aromatic rings. The molecule has 0 atom stereocenters. The SMILES string of the molecule is COC(=O)c1nc(N)sc1-c1cccc(C)n1. The third-order valence-electron chi connectivity index (χ3n) is 2.14. The maximum Gasteiger partial charge on any atom is 0.358 e. The number of esters is 1. The number of ether oxygens (including phenoxy) is 1. The summed E-state index contributed by atoms with van der Waals surface area (Å²) in [6.45, 7) is 1.88. The van der Waals surface area contributed by atoms with Crippen molar-refractivity contribution in [3.8, 4) is 10.6 Å². The summed E-state index contributed by atoms with van der Waals surface area (Å²) in [6, 6.07) is 5.56. The van der Waals surface area contributed by atoms with Crippen LogP contribution in [0.15, 0.2) is 18.2 Å². The molecule has 2 rings (SSSR count). The van der Waals surface area contributed by atoms with E-state index in [1.54, 1.807) is 0 Å². The fourth-order valence-corrected chi connectivity index (χ4v) is 2.20. The number of pyridine rings is 1. The van der Waals surface area contributed by atoms with Crippen LogP contribution in [-0.4, -0.2) is 23.0 Å². The Kier molecular flexibility index (Phi) is 3.06. The summed E-state index contributed by atoms with van der Waals surface area (Å²) in [4.78, 5) is 20.5. The van der Waals surface area contributed by atoms with Crippen LogP contribution in [0.1, 0.15) is 16.2 Å². The van der Waals surface area contributed by atoms with Crippen molar-refractivity contribution < 1.29 is 9.53 Å². The van der Waals surface area contributed by atoms with Gasteiger partial charge in [-0.1, -0.05) is 17.4 Å². The largest absolute Gasteiger partial charge is 0.464 e. The van der Waals surface area contributed by atoms with Crippen molar-refractivity contribution in [2.75, 3.05) is 12.8 Å². The molecule has 6 heteroatoms. The molecule has 0 saturated heterocycles. The molecule has 0 aliphatic carbocycles. The van der Waals surface area contributed by atoms with Gasteiger partial charge in [0, 0.05) is 5.69 Å². The lowest BCUT2D eigenvalue weighted by Gasteiger charge is -2.00. The van der Waals surface area contributed by atoms with Gasteiger partial charge >= 0.3 is 5.97 Å². The number of hydrogen-bond acceptors (Lipinski definition) is 6. The lowest BCUT2D eigenvalue weighted by Crippen LogP contribution is -2.04. The predicted molar refractivity (Wildman–Crippen MR) is 65.8 cm³/mol. The smallest absolute Gasteiger partial charge is 0.358 e. The van der Waals surface area contributed by atoms with E-state index in [1.807, 2.05) is 25.1 Å². The number of nitrogens with two attached hydrogens (primary N) is 1. The second-order valence-corrected chi connectivity index (χ2v) is 4.42. The van der Waals surface area contributed by atoms with E-state index in [4.69, 9.17) is 5.73 Å². The summed E-state index contributed by atoms with van der Waals surface area (Å²) in [7, 11) is 1.31. The Bertz CT molecular complexity index is 566. The second-order valence-electron chi connectivity index (χ2n) is 3.39. The molecule has 0 fully saturated rings. The van der Waals surface area contributed by atoms with Gasteiger partial charge in [-0.15, -0.1) is 0 Å². The Morgan fingerprint density at radius 1 is 1.41 bits per heavy atom.